The van der Waals surface area contributed by atoms with Crippen molar-refractivity contribution in [1.82, 2.24) is 5.43 Å². The summed E-state index contributed by atoms with van der Waals surface area (Å²) in [5, 5.41) is 0. The molecule has 0 amide bonds. The molecule has 3 N–H and O–H groups in total. The second-order valence-electron chi connectivity index (χ2n) is 5.66. The quantitative estimate of drug-likeness (QED) is 0.518. The molecule has 0 spiro atoms. The van der Waals surface area contributed by atoms with Crippen LogP contribution in [0.15, 0.2) is 0 Å². The molecule has 3 nitrogen and oxygen atoms in total. The van der Waals surface area contributed by atoms with Crippen molar-refractivity contribution in [2.24, 2.45) is 17.7 Å². The summed E-state index contributed by atoms with van der Waals surface area (Å²) in [4.78, 5) is 0. The van der Waals surface area contributed by atoms with E-state index in [-0.39, 0.29) is 6.10 Å². The molecule has 0 aliphatic heterocycles. The Kier molecular flexibility index (Phi) is 7.87. The maximum absolute atomic E-state index is 5.90. The summed E-state index contributed by atoms with van der Waals surface area (Å²) >= 11 is 0. The minimum Gasteiger partial charge on any atom is -0.377 e. The van der Waals surface area contributed by atoms with Gasteiger partial charge in [0.2, 0.25) is 0 Å². The fourth-order valence-corrected chi connectivity index (χ4v) is 3.37. The molecule has 18 heavy (non-hydrogen) atoms. The van der Waals surface area contributed by atoms with Gasteiger partial charge in [0, 0.05) is 6.61 Å². The Hall–Kier alpha value is -0.120. The molecule has 0 heterocycles. The molecule has 1 aliphatic rings. The van der Waals surface area contributed by atoms with E-state index in [0.29, 0.717) is 12.0 Å². The van der Waals surface area contributed by atoms with Crippen LogP contribution >= 0.6 is 0 Å². The van der Waals surface area contributed by atoms with Crippen molar-refractivity contribution in [3.05, 3.63) is 0 Å². The summed E-state index contributed by atoms with van der Waals surface area (Å²) in [5.41, 5.74) is 3.05. The third kappa shape index (κ3) is 4.52. The van der Waals surface area contributed by atoms with Crippen LogP contribution in [0.25, 0.3) is 0 Å². The van der Waals surface area contributed by atoms with Crippen molar-refractivity contribution < 1.29 is 4.74 Å². The lowest BCUT2D eigenvalue weighted by Crippen LogP contribution is -2.50. The number of hydrogen-bond donors (Lipinski definition) is 2. The molecular formula is C15H32N2O. The van der Waals surface area contributed by atoms with Gasteiger partial charge in [-0.15, -0.1) is 0 Å². The van der Waals surface area contributed by atoms with Crippen molar-refractivity contribution in [3.8, 4) is 0 Å². The van der Waals surface area contributed by atoms with E-state index in [9.17, 15) is 0 Å². The van der Waals surface area contributed by atoms with Gasteiger partial charge < -0.3 is 4.74 Å². The lowest BCUT2D eigenvalue weighted by Gasteiger charge is -2.37. The summed E-state index contributed by atoms with van der Waals surface area (Å²) in [6.07, 6.45) is 9.23. The molecule has 0 aromatic rings. The highest BCUT2D eigenvalue weighted by Crippen LogP contribution is 2.34. The van der Waals surface area contributed by atoms with Crippen LogP contribution in [-0.4, -0.2) is 18.8 Å². The fraction of sp³-hybridized carbons (Fsp3) is 1.00. The first kappa shape index (κ1) is 15.9. The highest BCUT2D eigenvalue weighted by molar-refractivity contribution is 4.86. The average molecular weight is 256 g/mol. The van der Waals surface area contributed by atoms with Crippen LogP contribution in [-0.2, 0) is 4.74 Å². The largest absolute Gasteiger partial charge is 0.377 e. The first-order chi connectivity index (χ1) is 8.76. The smallest absolute Gasteiger partial charge is 0.0743 e. The average Bonchev–Trinajstić information content (AvgIpc) is 2.41. The zero-order chi connectivity index (χ0) is 13.4. The van der Waals surface area contributed by atoms with Crippen LogP contribution in [0.5, 0.6) is 0 Å². The minimum atomic E-state index is 0.285. The van der Waals surface area contributed by atoms with Crippen molar-refractivity contribution in [3.63, 3.8) is 0 Å². The Labute approximate surface area is 113 Å². The molecule has 3 heteroatoms. The van der Waals surface area contributed by atoms with E-state index in [2.05, 4.69) is 26.2 Å². The van der Waals surface area contributed by atoms with E-state index in [4.69, 9.17) is 10.6 Å². The van der Waals surface area contributed by atoms with Gasteiger partial charge in [0.1, 0.15) is 0 Å². The van der Waals surface area contributed by atoms with E-state index in [1.54, 1.807) is 0 Å². The molecule has 0 saturated heterocycles. The lowest BCUT2D eigenvalue weighted by atomic mass is 9.76. The van der Waals surface area contributed by atoms with Crippen LogP contribution in [0.2, 0.25) is 0 Å². The maximum atomic E-state index is 5.90. The summed E-state index contributed by atoms with van der Waals surface area (Å²) in [6, 6.07) is 0.336. The summed E-state index contributed by atoms with van der Waals surface area (Å²) in [7, 11) is 0. The third-order valence-corrected chi connectivity index (χ3v) is 4.52. The predicted octanol–water partition coefficient (Wildman–Crippen LogP) is 3.24. The van der Waals surface area contributed by atoms with E-state index in [1.165, 1.54) is 32.1 Å². The molecule has 1 saturated carbocycles. The topological polar surface area (TPSA) is 47.3 Å². The molecule has 1 aliphatic carbocycles. The van der Waals surface area contributed by atoms with Gasteiger partial charge in [-0.3, -0.25) is 11.3 Å². The van der Waals surface area contributed by atoms with Gasteiger partial charge in [0.05, 0.1) is 12.1 Å². The molecule has 2 atom stereocenters. The van der Waals surface area contributed by atoms with E-state index < -0.39 is 0 Å². The maximum Gasteiger partial charge on any atom is 0.0743 e. The SMILES string of the molecule is CCCC(OCC)C(NN)C1CCC(CC)CC1. The Morgan fingerprint density at radius 3 is 2.28 bits per heavy atom. The summed E-state index contributed by atoms with van der Waals surface area (Å²) in [6.45, 7) is 7.38. The summed E-state index contributed by atoms with van der Waals surface area (Å²) in [5.74, 6) is 7.44. The third-order valence-electron chi connectivity index (χ3n) is 4.52. The Bertz CT molecular complexity index is 197. The molecule has 2 unspecified atom stereocenters. The molecule has 0 bridgehead atoms. The van der Waals surface area contributed by atoms with Crippen molar-refractivity contribution >= 4 is 0 Å². The highest BCUT2D eigenvalue weighted by atomic mass is 16.5. The first-order valence-electron chi connectivity index (χ1n) is 7.84. The Morgan fingerprint density at radius 1 is 1.17 bits per heavy atom. The van der Waals surface area contributed by atoms with Gasteiger partial charge in [0.15, 0.2) is 0 Å². The van der Waals surface area contributed by atoms with Crippen LogP contribution < -0.4 is 11.3 Å². The second kappa shape index (κ2) is 8.89. The zero-order valence-electron chi connectivity index (χ0n) is 12.5. The van der Waals surface area contributed by atoms with E-state index >= 15 is 0 Å². The van der Waals surface area contributed by atoms with E-state index in [0.717, 1.165) is 25.4 Å². The number of hydrogen-bond acceptors (Lipinski definition) is 3. The normalized spacial score (nSPS) is 28.0. The molecular weight excluding hydrogens is 224 g/mol. The second-order valence-corrected chi connectivity index (χ2v) is 5.66. The predicted molar refractivity (Wildman–Crippen MR) is 77.2 cm³/mol. The Balaban J connectivity index is 2.52. The lowest BCUT2D eigenvalue weighted by molar-refractivity contribution is 0.00326. The van der Waals surface area contributed by atoms with Gasteiger partial charge in [-0.25, -0.2) is 0 Å². The number of hydrazine groups is 1. The number of rotatable bonds is 8. The zero-order valence-corrected chi connectivity index (χ0v) is 12.5. The van der Waals surface area contributed by atoms with Crippen LogP contribution in [0.3, 0.4) is 0 Å². The molecule has 0 aromatic heterocycles. The van der Waals surface area contributed by atoms with Gasteiger partial charge in [-0.05, 0) is 38.0 Å². The first-order valence-corrected chi connectivity index (χ1v) is 7.84. The van der Waals surface area contributed by atoms with Crippen molar-refractivity contribution in [2.75, 3.05) is 6.61 Å². The standard InChI is InChI=1S/C15H32N2O/c1-4-7-14(18-6-3)15(17-16)13-10-8-12(5-2)9-11-13/h12-15,17H,4-11,16H2,1-3H3. The Morgan fingerprint density at radius 2 is 1.83 bits per heavy atom. The van der Waals surface area contributed by atoms with Crippen LogP contribution in [0.1, 0.15) is 65.7 Å². The van der Waals surface area contributed by atoms with Crippen LogP contribution in [0.4, 0.5) is 0 Å². The number of nitrogens with two attached hydrogens (primary N) is 1. The van der Waals surface area contributed by atoms with Gasteiger partial charge >= 0.3 is 0 Å². The van der Waals surface area contributed by atoms with Gasteiger partial charge in [0.25, 0.3) is 0 Å². The highest BCUT2D eigenvalue weighted by Gasteiger charge is 2.31. The monoisotopic (exact) mass is 256 g/mol. The molecule has 1 rings (SSSR count). The number of nitrogens with one attached hydrogen (secondary N) is 1. The molecule has 0 aromatic carbocycles. The van der Waals surface area contributed by atoms with Crippen LogP contribution in [0, 0.1) is 11.8 Å². The fourth-order valence-electron chi connectivity index (χ4n) is 3.37. The van der Waals surface area contributed by atoms with E-state index in [1.807, 2.05) is 0 Å². The summed E-state index contributed by atoms with van der Waals surface area (Å²) < 4.78 is 5.90. The minimum absolute atomic E-state index is 0.285. The van der Waals surface area contributed by atoms with Crippen molar-refractivity contribution in [2.45, 2.75) is 77.9 Å². The number of ether oxygens (including phenoxy) is 1. The van der Waals surface area contributed by atoms with Gasteiger partial charge in [-0.2, -0.15) is 0 Å². The molecule has 0 radical (unpaired) electrons. The van der Waals surface area contributed by atoms with Gasteiger partial charge in [-0.1, -0.05) is 39.5 Å². The molecule has 108 valence electrons. The van der Waals surface area contributed by atoms with Crippen molar-refractivity contribution in [1.29, 1.82) is 0 Å². The molecule has 1 fully saturated rings.